The highest BCUT2D eigenvalue weighted by atomic mass is 16.5. The maximum absolute atomic E-state index is 12.1. The number of esters is 1. The van der Waals surface area contributed by atoms with Crippen molar-refractivity contribution in [2.45, 2.75) is 20.8 Å². The minimum Gasteiger partial charge on any atom is -0.463 e. The van der Waals surface area contributed by atoms with Crippen LogP contribution < -0.4 is 4.90 Å². The third-order valence-corrected chi connectivity index (χ3v) is 3.24. The van der Waals surface area contributed by atoms with Gasteiger partial charge in [0, 0.05) is 12.6 Å². The number of carbonyl (C=O) groups excluding carboxylic acids is 3. The fraction of sp³-hybridized carbons (Fsp3) is 0.312. The molecule has 1 aliphatic heterocycles. The fourth-order valence-electron chi connectivity index (χ4n) is 2.42. The molecule has 2 rings (SSSR count). The first kappa shape index (κ1) is 15.0. The lowest BCUT2D eigenvalue weighted by Crippen LogP contribution is -2.29. The highest BCUT2D eigenvalue weighted by Gasteiger charge is 2.36. The van der Waals surface area contributed by atoms with Gasteiger partial charge in [0.15, 0.2) is 0 Å². The van der Waals surface area contributed by atoms with Gasteiger partial charge >= 0.3 is 5.97 Å². The maximum Gasteiger partial charge on any atom is 0.330 e. The van der Waals surface area contributed by atoms with Gasteiger partial charge in [-0.2, -0.15) is 0 Å². The number of rotatable bonds is 4. The molecule has 1 aromatic rings. The highest BCUT2D eigenvalue weighted by Crippen LogP contribution is 2.32. The standard InChI is InChI=1S/C16H17NO4/c1-4-21-13(18)6-5-7-17-12-9-10(2)8-11(3)14(12)15(19)16(17)20/h5-6,8-9H,4,7H2,1-3H3/b6-5+. The predicted molar refractivity (Wildman–Crippen MR) is 78.4 cm³/mol. The number of nitrogens with zero attached hydrogens (tertiary/aromatic N) is 1. The Labute approximate surface area is 123 Å². The van der Waals surface area contributed by atoms with Gasteiger partial charge in [-0.1, -0.05) is 12.1 Å². The van der Waals surface area contributed by atoms with E-state index in [1.807, 2.05) is 26.0 Å². The van der Waals surface area contributed by atoms with Crippen molar-refractivity contribution in [1.29, 1.82) is 0 Å². The average Bonchev–Trinajstić information content (AvgIpc) is 2.64. The fourth-order valence-corrected chi connectivity index (χ4v) is 2.42. The quantitative estimate of drug-likeness (QED) is 0.482. The summed E-state index contributed by atoms with van der Waals surface area (Å²) in [5, 5.41) is 0. The van der Waals surface area contributed by atoms with E-state index in [9.17, 15) is 14.4 Å². The smallest absolute Gasteiger partial charge is 0.330 e. The summed E-state index contributed by atoms with van der Waals surface area (Å²) in [6.07, 6.45) is 2.79. The second-order valence-electron chi connectivity index (χ2n) is 4.88. The van der Waals surface area contributed by atoms with Crippen LogP contribution >= 0.6 is 0 Å². The van der Waals surface area contributed by atoms with Gasteiger partial charge in [-0.3, -0.25) is 9.59 Å². The first-order valence-corrected chi connectivity index (χ1v) is 6.76. The van der Waals surface area contributed by atoms with Crippen LogP contribution in [-0.4, -0.2) is 30.8 Å². The first-order chi connectivity index (χ1) is 9.95. The number of anilines is 1. The Morgan fingerprint density at radius 1 is 1.29 bits per heavy atom. The van der Waals surface area contributed by atoms with E-state index in [4.69, 9.17) is 4.74 Å². The van der Waals surface area contributed by atoms with Gasteiger partial charge in [-0.25, -0.2) is 4.79 Å². The molecule has 1 aliphatic rings. The summed E-state index contributed by atoms with van der Waals surface area (Å²) in [6.45, 7) is 5.91. The Morgan fingerprint density at radius 3 is 2.67 bits per heavy atom. The Bertz CT molecular complexity index is 646. The number of carbonyl (C=O) groups is 3. The number of benzene rings is 1. The molecule has 0 spiro atoms. The van der Waals surface area contributed by atoms with E-state index in [0.717, 1.165) is 11.1 Å². The lowest BCUT2D eigenvalue weighted by atomic mass is 10.0. The second kappa shape index (κ2) is 5.91. The molecule has 0 fully saturated rings. The van der Waals surface area contributed by atoms with Crippen molar-refractivity contribution in [1.82, 2.24) is 0 Å². The van der Waals surface area contributed by atoms with Gasteiger partial charge in [0.1, 0.15) is 0 Å². The van der Waals surface area contributed by atoms with Crippen LogP contribution in [0.5, 0.6) is 0 Å². The molecule has 0 bridgehead atoms. The van der Waals surface area contributed by atoms with Gasteiger partial charge in [0.05, 0.1) is 17.9 Å². The lowest BCUT2D eigenvalue weighted by Gasteiger charge is -2.15. The molecule has 1 aromatic carbocycles. The summed E-state index contributed by atoms with van der Waals surface area (Å²) < 4.78 is 4.77. The van der Waals surface area contributed by atoms with Gasteiger partial charge in [-0.15, -0.1) is 0 Å². The van der Waals surface area contributed by atoms with Gasteiger partial charge < -0.3 is 9.64 Å². The number of ketones is 1. The number of ether oxygens (including phenoxy) is 1. The summed E-state index contributed by atoms with van der Waals surface area (Å²) in [6, 6.07) is 3.69. The summed E-state index contributed by atoms with van der Waals surface area (Å²) in [4.78, 5) is 36.7. The molecular weight excluding hydrogens is 270 g/mol. The zero-order valence-corrected chi connectivity index (χ0v) is 12.3. The monoisotopic (exact) mass is 287 g/mol. The van der Waals surface area contributed by atoms with E-state index in [1.165, 1.54) is 17.1 Å². The Balaban J connectivity index is 2.25. The van der Waals surface area contributed by atoms with Crippen molar-refractivity contribution in [3.63, 3.8) is 0 Å². The van der Waals surface area contributed by atoms with E-state index >= 15 is 0 Å². The molecule has 0 aromatic heterocycles. The lowest BCUT2D eigenvalue weighted by molar-refractivity contribution is -0.137. The number of Topliss-reactive ketones (excluding diaryl/α,β-unsaturated/α-hetero) is 1. The number of aryl methyl sites for hydroxylation is 2. The number of hydrogen-bond donors (Lipinski definition) is 0. The molecule has 5 nitrogen and oxygen atoms in total. The summed E-state index contributed by atoms with van der Waals surface area (Å²) in [5.41, 5.74) is 2.83. The van der Waals surface area contributed by atoms with Gasteiger partial charge in [-0.05, 0) is 38.0 Å². The van der Waals surface area contributed by atoms with Crippen LogP contribution in [0.4, 0.5) is 5.69 Å². The topological polar surface area (TPSA) is 63.7 Å². The molecule has 1 amide bonds. The van der Waals surface area contributed by atoms with Crippen molar-refractivity contribution in [2.24, 2.45) is 0 Å². The normalized spacial score (nSPS) is 14.0. The molecule has 0 saturated carbocycles. The molecule has 1 heterocycles. The van der Waals surface area contributed by atoms with Crippen LogP contribution in [0.2, 0.25) is 0 Å². The molecule has 0 aliphatic carbocycles. The Hall–Kier alpha value is -2.43. The molecule has 0 radical (unpaired) electrons. The number of amides is 1. The van der Waals surface area contributed by atoms with Crippen LogP contribution in [0.3, 0.4) is 0 Å². The van der Waals surface area contributed by atoms with Gasteiger partial charge in [0.2, 0.25) is 0 Å². The molecule has 110 valence electrons. The SMILES string of the molecule is CCOC(=O)/C=C/CN1C(=O)C(=O)c2c(C)cc(C)cc21. The molecule has 5 heteroatoms. The third-order valence-electron chi connectivity index (χ3n) is 3.24. The zero-order chi connectivity index (χ0) is 15.6. The van der Waals surface area contributed by atoms with E-state index in [1.54, 1.807) is 6.92 Å². The van der Waals surface area contributed by atoms with Crippen molar-refractivity contribution < 1.29 is 19.1 Å². The largest absolute Gasteiger partial charge is 0.463 e. The Kier molecular flexibility index (Phi) is 4.21. The second-order valence-corrected chi connectivity index (χ2v) is 4.88. The van der Waals surface area contributed by atoms with Crippen molar-refractivity contribution >= 4 is 23.3 Å². The molecule has 0 saturated heterocycles. The van der Waals surface area contributed by atoms with Crippen LogP contribution in [0.1, 0.15) is 28.4 Å². The number of hydrogen-bond acceptors (Lipinski definition) is 4. The summed E-state index contributed by atoms with van der Waals surface area (Å²) in [5.74, 6) is -1.52. The number of fused-ring (bicyclic) bond motifs is 1. The average molecular weight is 287 g/mol. The predicted octanol–water partition coefficient (Wildman–Crippen LogP) is 1.95. The molecule has 0 N–H and O–H groups in total. The van der Waals surface area contributed by atoms with E-state index < -0.39 is 17.7 Å². The van der Waals surface area contributed by atoms with Crippen molar-refractivity contribution in [3.8, 4) is 0 Å². The third kappa shape index (κ3) is 2.86. The molecule has 0 unspecified atom stereocenters. The minimum atomic E-state index is -0.563. The molecular formula is C16H17NO4. The van der Waals surface area contributed by atoms with Crippen molar-refractivity contribution in [3.05, 3.63) is 41.0 Å². The van der Waals surface area contributed by atoms with Crippen LogP contribution in [-0.2, 0) is 14.3 Å². The molecule has 0 atom stereocenters. The van der Waals surface area contributed by atoms with Crippen LogP contribution in [0.15, 0.2) is 24.3 Å². The first-order valence-electron chi connectivity index (χ1n) is 6.76. The van der Waals surface area contributed by atoms with Gasteiger partial charge in [0.25, 0.3) is 11.7 Å². The van der Waals surface area contributed by atoms with E-state index in [-0.39, 0.29) is 6.54 Å². The zero-order valence-electron chi connectivity index (χ0n) is 12.3. The summed E-state index contributed by atoms with van der Waals surface area (Å²) >= 11 is 0. The highest BCUT2D eigenvalue weighted by molar-refractivity contribution is 6.52. The maximum atomic E-state index is 12.1. The molecule has 21 heavy (non-hydrogen) atoms. The Morgan fingerprint density at radius 2 is 2.00 bits per heavy atom. The summed E-state index contributed by atoms with van der Waals surface area (Å²) in [7, 11) is 0. The minimum absolute atomic E-state index is 0.166. The van der Waals surface area contributed by atoms with Crippen molar-refractivity contribution in [2.75, 3.05) is 18.1 Å². The van der Waals surface area contributed by atoms with Crippen LogP contribution in [0.25, 0.3) is 0 Å². The van der Waals surface area contributed by atoms with Crippen LogP contribution in [0, 0.1) is 13.8 Å². The van der Waals surface area contributed by atoms with E-state index in [2.05, 4.69) is 0 Å². The van der Waals surface area contributed by atoms with E-state index in [0.29, 0.717) is 17.9 Å².